The van der Waals surface area contributed by atoms with Gasteiger partial charge in [-0.25, -0.2) is 19.1 Å². The van der Waals surface area contributed by atoms with Gasteiger partial charge in [-0.3, -0.25) is 0 Å². The molecule has 0 atom stereocenters. The van der Waals surface area contributed by atoms with Crippen LogP contribution in [0.15, 0.2) is 12.2 Å². The maximum absolute atomic E-state index is 3.42. The molecule has 0 aromatic carbocycles. The van der Waals surface area contributed by atoms with Gasteiger partial charge in [0.25, 0.3) is 0 Å². The minimum Gasteiger partial charge on any atom is -0.245 e. The fourth-order valence-corrected chi connectivity index (χ4v) is 0. The van der Waals surface area contributed by atoms with Gasteiger partial charge in [0.2, 0.25) is 0 Å². The molecule has 0 heterocycles. The Morgan fingerprint density at radius 3 is 1.80 bits per heavy atom. The van der Waals surface area contributed by atoms with Crippen LogP contribution in [0.25, 0.3) is 0 Å². The van der Waals surface area contributed by atoms with E-state index in [9.17, 15) is 0 Å². The Hall–Kier alpha value is 0.207. The minimum atomic E-state index is 0. The summed E-state index contributed by atoms with van der Waals surface area (Å²) in [6.45, 7) is 5.36. The quantitative estimate of drug-likeness (QED) is 0.234. The Labute approximate surface area is 45.4 Å². The number of hydrogen-bond acceptors (Lipinski definition) is 0. The van der Waals surface area contributed by atoms with Crippen molar-refractivity contribution in [1.29, 1.82) is 0 Å². The average molecular weight is 62.0 g/mol. The molecule has 0 saturated carbocycles. The second-order valence-corrected chi connectivity index (χ2v) is 0.569. The molecule has 0 saturated heterocycles. The molecule has 0 aliphatic carbocycles. The topological polar surface area (TPSA) is 0 Å². The molecule has 0 aliphatic rings. The van der Waals surface area contributed by atoms with Crippen LogP contribution in [0.3, 0.4) is 0 Å². The second kappa shape index (κ2) is 8.88. The maximum Gasteiger partial charge on any atom is 1.00 e. The average Bonchev–Trinajstić information content (AvgIpc) is 1.37. The van der Waals surface area contributed by atoms with Gasteiger partial charge in [0, 0.05) is 0 Å². The summed E-state index contributed by atoms with van der Waals surface area (Å²) in [5, 5.41) is 0. The van der Waals surface area contributed by atoms with Crippen molar-refractivity contribution in [3.63, 3.8) is 0 Å². The van der Waals surface area contributed by atoms with Gasteiger partial charge in [-0.1, -0.05) is 0 Å². The van der Waals surface area contributed by atoms with Crippen LogP contribution in [0, 0.1) is 6.92 Å². The predicted molar refractivity (Wildman–Crippen MR) is 20.2 cm³/mol. The molecule has 0 amide bonds. The number of hydrogen-bond donors (Lipinski definition) is 0. The molecule has 0 spiro atoms. The van der Waals surface area contributed by atoms with Crippen LogP contribution in [-0.4, -0.2) is 0 Å². The molecule has 1 heteroatoms. The summed E-state index contributed by atoms with van der Waals surface area (Å²) in [4.78, 5) is 0. The first-order valence-corrected chi connectivity index (χ1v) is 1.32. The minimum absolute atomic E-state index is 0. The summed E-state index contributed by atoms with van der Waals surface area (Å²) in [7, 11) is 0. The van der Waals surface area contributed by atoms with E-state index in [1.165, 1.54) is 0 Å². The third-order valence-electron chi connectivity index (χ3n) is 0.236. The van der Waals surface area contributed by atoms with Crippen molar-refractivity contribution in [2.24, 2.45) is 0 Å². The Bertz CT molecular complexity index is 18.8. The van der Waals surface area contributed by atoms with Gasteiger partial charge in [-0.2, -0.15) is 0 Å². The van der Waals surface area contributed by atoms with Crippen molar-refractivity contribution in [2.45, 2.75) is 6.92 Å². The molecule has 0 N–H and O–H groups in total. The molecular formula is C4H7Li. The molecule has 0 fully saturated rings. The van der Waals surface area contributed by atoms with Crippen LogP contribution >= 0.6 is 0 Å². The fraction of sp³-hybridized carbons (Fsp3) is 0.250. The molecule has 0 rings (SSSR count). The van der Waals surface area contributed by atoms with E-state index in [0.717, 1.165) is 0 Å². The third kappa shape index (κ3) is 14.1. The molecule has 0 bridgehead atoms. The summed E-state index contributed by atoms with van der Waals surface area (Å²) in [6, 6.07) is 0. The normalized spacial score (nSPS) is 7.40. The SMILES string of the molecule is [CH2-]/C=C/C.[Li+]. The molecular weight excluding hydrogens is 55.0 g/mol. The van der Waals surface area contributed by atoms with Crippen LogP contribution in [0.4, 0.5) is 0 Å². The van der Waals surface area contributed by atoms with Gasteiger partial charge < -0.3 is 0 Å². The van der Waals surface area contributed by atoms with E-state index >= 15 is 0 Å². The molecule has 24 valence electrons. The van der Waals surface area contributed by atoms with E-state index in [-0.39, 0.29) is 18.9 Å². The van der Waals surface area contributed by atoms with E-state index < -0.39 is 0 Å². The third-order valence-corrected chi connectivity index (χ3v) is 0.236. The van der Waals surface area contributed by atoms with Crippen molar-refractivity contribution in [3.05, 3.63) is 19.1 Å². The Morgan fingerprint density at radius 2 is 1.80 bits per heavy atom. The van der Waals surface area contributed by atoms with Crippen molar-refractivity contribution in [1.82, 2.24) is 0 Å². The van der Waals surface area contributed by atoms with Crippen molar-refractivity contribution >= 4 is 0 Å². The van der Waals surface area contributed by atoms with Crippen LogP contribution < -0.4 is 18.9 Å². The van der Waals surface area contributed by atoms with Crippen molar-refractivity contribution < 1.29 is 18.9 Å². The zero-order valence-corrected chi connectivity index (χ0v) is 3.86. The number of rotatable bonds is 0. The molecule has 0 aromatic heterocycles. The van der Waals surface area contributed by atoms with Gasteiger partial charge in [0.15, 0.2) is 0 Å². The zero-order chi connectivity index (χ0) is 3.41. The van der Waals surface area contributed by atoms with Gasteiger partial charge in [-0.15, -0.1) is 6.92 Å². The largest absolute Gasteiger partial charge is 1.00 e. The van der Waals surface area contributed by atoms with E-state index in [1.54, 1.807) is 6.08 Å². The molecule has 0 radical (unpaired) electrons. The van der Waals surface area contributed by atoms with Crippen LogP contribution in [0.1, 0.15) is 6.92 Å². The summed E-state index contributed by atoms with van der Waals surface area (Å²) in [5.74, 6) is 0. The first-order chi connectivity index (χ1) is 1.91. The summed E-state index contributed by atoms with van der Waals surface area (Å²) in [5.41, 5.74) is 0. The maximum atomic E-state index is 3.42. The first kappa shape index (κ1) is 8.96. The first-order valence-electron chi connectivity index (χ1n) is 1.32. The van der Waals surface area contributed by atoms with Gasteiger partial charge in [0.05, 0.1) is 0 Å². The van der Waals surface area contributed by atoms with Gasteiger partial charge >= 0.3 is 18.9 Å². The molecule has 0 nitrogen and oxygen atoms in total. The van der Waals surface area contributed by atoms with Gasteiger partial charge in [0.1, 0.15) is 0 Å². The van der Waals surface area contributed by atoms with E-state index in [0.29, 0.717) is 0 Å². The van der Waals surface area contributed by atoms with E-state index in [1.807, 2.05) is 13.0 Å². The summed E-state index contributed by atoms with van der Waals surface area (Å²) < 4.78 is 0. The van der Waals surface area contributed by atoms with Crippen molar-refractivity contribution in [3.8, 4) is 0 Å². The van der Waals surface area contributed by atoms with E-state index in [4.69, 9.17) is 0 Å². The Balaban J connectivity index is 0. The fourth-order valence-electron chi connectivity index (χ4n) is 0. The Morgan fingerprint density at radius 1 is 1.60 bits per heavy atom. The predicted octanol–water partition coefficient (Wildman–Crippen LogP) is -1.60. The summed E-state index contributed by atoms with van der Waals surface area (Å²) in [6.07, 6.45) is 3.64. The Kier molecular flexibility index (Phi) is 15.9. The zero-order valence-electron chi connectivity index (χ0n) is 3.86. The second-order valence-electron chi connectivity index (χ2n) is 0.569. The smallest absolute Gasteiger partial charge is 0.245 e. The van der Waals surface area contributed by atoms with E-state index in [2.05, 4.69) is 6.92 Å². The molecule has 0 aromatic rings. The number of allylic oxidation sites excluding steroid dienone is 2. The standard InChI is InChI=1S/C4H7.Li/c1-3-4-2;/h3-4H,1H2,2H3;/q-1;+1/b4-3+;. The molecule has 0 aliphatic heterocycles. The summed E-state index contributed by atoms with van der Waals surface area (Å²) >= 11 is 0. The van der Waals surface area contributed by atoms with Crippen molar-refractivity contribution in [2.75, 3.05) is 0 Å². The van der Waals surface area contributed by atoms with Gasteiger partial charge in [-0.05, 0) is 0 Å². The molecule has 0 unspecified atom stereocenters. The van der Waals surface area contributed by atoms with Crippen LogP contribution in [-0.2, 0) is 0 Å². The molecule has 5 heavy (non-hydrogen) atoms. The van der Waals surface area contributed by atoms with Crippen LogP contribution in [0.5, 0.6) is 0 Å². The monoisotopic (exact) mass is 62.1 g/mol. The van der Waals surface area contributed by atoms with Crippen LogP contribution in [0.2, 0.25) is 0 Å².